The molecule has 12 aromatic rings. The summed E-state index contributed by atoms with van der Waals surface area (Å²) in [5, 5.41) is 4.92. The Morgan fingerprint density at radius 3 is 1.25 bits per heavy atom. The molecule has 0 unspecified atom stereocenters. The van der Waals surface area contributed by atoms with E-state index in [1.54, 1.807) is 0 Å². The van der Waals surface area contributed by atoms with Crippen molar-refractivity contribution in [2.45, 2.75) is 10.8 Å². The SMILES string of the molecule is c1ccc(-c2ccc(N(c3ccccc3)c3ccc4c(ccc5cc(-c6ccc7c(c6)C6(c8ccccc8-7)c7ccccc7C(c7ccccc7)(c7ccccc7)c7ccccc76)ccc54)c3)cc2)cc1. The van der Waals surface area contributed by atoms with Crippen LogP contribution in [0.5, 0.6) is 0 Å². The van der Waals surface area contributed by atoms with Crippen molar-refractivity contribution in [2.24, 2.45) is 0 Å². The number of anilines is 3. The average Bonchev–Trinajstić information content (AvgIpc) is 3.74. The minimum Gasteiger partial charge on any atom is -0.310 e. The first-order chi connectivity index (χ1) is 35.2. The van der Waals surface area contributed by atoms with Crippen molar-refractivity contribution in [1.29, 1.82) is 0 Å². The van der Waals surface area contributed by atoms with Gasteiger partial charge in [0, 0.05) is 17.1 Å². The van der Waals surface area contributed by atoms with Crippen LogP contribution in [0.25, 0.3) is 54.9 Å². The molecule has 0 aliphatic heterocycles. The van der Waals surface area contributed by atoms with Gasteiger partial charge in [-0.15, -0.1) is 0 Å². The summed E-state index contributed by atoms with van der Waals surface area (Å²) >= 11 is 0. The lowest BCUT2D eigenvalue weighted by atomic mass is 9.51. The van der Waals surface area contributed by atoms with E-state index in [4.69, 9.17) is 0 Å². The molecule has 1 spiro atoms. The summed E-state index contributed by atoms with van der Waals surface area (Å²) in [6, 6.07) is 106. The summed E-state index contributed by atoms with van der Waals surface area (Å²) in [6.45, 7) is 0. The van der Waals surface area contributed by atoms with Gasteiger partial charge in [0.1, 0.15) is 0 Å². The van der Waals surface area contributed by atoms with Gasteiger partial charge in [-0.25, -0.2) is 0 Å². The average molecular weight is 902 g/mol. The van der Waals surface area contributed by atoms with E-state index < -0.39 is 10.8 Å². The van der Waals surface area contributed by atoms with Crippen LogP contribution in [0.4, 0.5) is 17.1 Å². The van der Waals surface area contributed by atoms with E-state index in [1.165, 1.54) is 99.4 Å². The van der Waals surface area contributed by atoms with Crippen molar-refractivity contribution < 1.29 is 0 Å². The second kappa shape index (κ2) is 16.3. The van der Waals surface area contributed by atoms with Gasteiger partial charge in [-0.3, -0.25) is 0 Å². The Morgan fingerprint density at radius 2 is 0.634 bits per heavy atom. The van der Waals surface area contributed by atoms with Gasteiger partial charge < -0.3 is 4.90 Å². The van der Waals surface area contributed by atoms with Crippen LogP contribution < -0.4 is 4.90 Å². The fourth-order valence-corrected chi connectivity index (χ4v) is 12.6. The zero-order chi connectivity index (χ0) is 46.9. The molecule has 0 saturated heterocycles. The van der Waals surface area contributed by atoms with E-state index in [-0.39, 0.29) is 0 Å². The molecular weight excluding hydrogens is 855 g/mol. The van der Waals surface area contributed by atoms with Crippen LogP contribution in [0.2, 0.25) is 0 Å². The number of nitrogens with zero attached hydrogens (tertiary/aromatic N) is 1. The maximum atomic E-state index is 2.51. The third-order valence-corrected chi connectivity index (χ3v) is 15.6. The number of para-hydroxylation sites is 1. The van der Waals surface area contributed by atoms with Crippen molar-refractivity contribution in [3.05, 3.63) is 330 Å². The van der Waals surface area contributed by atoms with Crippen molar-refractivity contribution in [1.82, 2.24) is 0 Å². The number of benzene rings is 12. The van der Waals surface area contributed by atoms with Gasteiger partial charge in [0.25, 0.3) is 0 Å². The second-order valence-electron chi connectivity index (χ2n) is 19.1. The third-order valence-electron chi connectivity index (χ3n) is 15.6. The fraction of sp³-hybridized carbons (Fsp3) is 0.0286. The fourth-order valence-electron chi connectivity index (χ4n) is 12.6. The molecule has 0 fully saturated rings. The number of hydrogen-bond donors (Lipinski definition) is 0. The summed E-state index contributed by atoms with van der Waals surface area (Å²) in [5.74, 6) is 0. The lowest BCUT2D eigenvalue weighted by Gasteiger charge is -2.50. The molecule has 0 heterocycles. The Balaban J connectivity index is 0.904. The number of hydrogen-bond acceptors (Lipinski definition) is 1. The molecule has 71 heavy (non-hydrogen) atoms. The zero-order valence-corrected chi connectivity index (χ0v) is 39.1. The highest BCUT2D eigenvalue weighted by molar-refractivity contribution is 6.09. The van der Waals surface area contributed by atoms with E-state index in [1.807, 2.05) is 0 Å². The topological polar surface area (TPSA) is 3.24 Å². The highest BCUT2D eigenvalue weighted by atomic mass is 15.1. The molecule has 14 rings (SSSR count). The van der Waals surface area contributed by atoms with Gasteiger partial charge in [0.2, 0.25) is 0 Å². The quantitative estimate of drug-likeness (QED) is 0.144. The van der Waals surface area contributed by atoms with Gasteiger partial charge >= 0.3 is 0 Å². The Kier molecular flexibility index (Phi) is 9.41. The highest BCUT2D eigenvalue weighted by Gasteiger charge is 2.56. The first-order valence-corrected chi connectivity index (χ1v) is 24.7. The maximum Gasteiger partial charge on any atom is 0.0720 e. The van der Waals surface area contributed by atoms with Crippen LogP contribution in [-0.2, 0) is 10.8 Å². The Hall–Kier alpha value is -9.04. The van der Waals surface area contributed by atoms with Gasteiger partial charge in [-0.05, 0) is 148 Å². The van der Waals surface area contributed by atoms with Crippen molar-refractivity contribution >= 4 is 38.6 Å². The summed E-state index contributed by atoms with van der Waals surface area (Å²) in [4.78, 5) is 2.35. The van der Waals surface area contributed by atoms with Crippen LogP contribution >= 0.6 is 0 Å². The molecule has 0 radical (unpaired) electrons. The maximum absolute atomic E-state index is 2.51. The van der Waals surface area contributed by atoms with Crippen LogP contribution in [0.15, 0.2) is 285 Å². The zero-order valence-electron chi connectivity index (χ0n) is 39.1. The monoisotopic (exact) mass is 901 g/mol. The lowest BCUT2D eigenvalue weighted by molar-refractivity contribution is 0.624. The van der Waals surface area contributed by atoms with Crippen LogP contribution in [0, 0.1) is 0 Å². The second-order valence-corrected chi connectivity index (χ2v) is 19.1. The van der Waals surface area contributed by atoms with E-state index in [0.29, 0.717) is 0 Å². The minimum absolute atomic E-state index is 0.536. The van der Waals surface area contributed by atoms with Crippen molar-refractivity contribution in [2.75, 3.05) is 4.90 Å². The minimum atomic E-state index is -0.551. The molecular formula is C70H47N. The van der Waals surface area contributed by atoms with Crippen molar-refractivity contribution in [3.63, 3.8) is 0 Å². The van der Waals surface area contributed by atoms with E-state index in [2.05, 4.69) is 290 Å². The molecule has 0 atom stereocenters. The van der Waals surface area contributed by atoms with Gasteiger partial charge in [-0.2, -0.15) is 0 Å². The van der Waals surface area contributed by atoms with Crippen LogP contribution in [0.3, 0.4) is 0 Å². The molecule has 1 nitrogen and oxygen atoms in total. The summed E-state index contributed by atoms with van der Waals surface area (Å²) in [5.41, 5.74) is 20.2. The molecule has 0 N–H and O–H groups in total. The molecule has 0 amide bonds. The third kappa shape index (κ3) is 6.13. The first-order valence-electron chi connectivity index (χ1n) is 24.7. The summed E-state index contributed by atoms with van der Waals surface area (Å²) in [7, 11) is 0. The number of rotatable bonds is 7. The number of fused-ring (bicyclic) bond motifs is 12. The van der Waals surface area contributed by atoms with Gasteiger partial charge in [-0.1, -0.05) is 237 Å². The summed E-state index contributed by atoms with van der Waals surface area (Å²) in [6.07, 6.45) is 0. The predicted molar refractivity (Wildman–Crippen MR) is 296 cm³/mol. The molecule has 0 bridgehead atoms. The lowest BCUT2D eigenvalue weighted by Crippen LogP contribution is -2.44. The van der Waals surface area contributed by atoms with Crippen LogP contribution in [0.1, 0.15) is 44.5 Å². The molecule has 1 heteroatoms. The van der Waals surface area contributed by atoms with Gasteiger partial charge in [0.15, 0.2) is 0 Å². The Morgan fingerprint density at radius 1 is 0.225 bits per heavy atom. The molecule has 332 valence electrons. The van der Waals surface area contributed by atoms with Crippen molar-refractivity contribution in [3.8, 4) is 33.4 Å². The molecule has 0 aromatic heterocycles. The first kappa shape index (κ1) is 41.0. The molecule has 2 aliphatic carbocycles. The summed E-state index contributed by atoms with van der Waals surface area (Å²) < 4.78 is 0. The molecule has 2 aliphatic rings. The van der Waals surface area contributed by atoms with E-state index in [0.717, 1.165) is 17.1 Å². The highest BCUT2D eigenvalue weighted by Crippen LogP contribution is 2.64. The normalized spacial score (nSPS) is 13.6. The van der Waals surface area contributed by atoms with E-state index >= 15 is 0 Å². The predicted octanol–water partition coefficient (Wildman–Crippen LogP) is 17.9. The van der Waals surface area contributed by atoms with Gasteiger partial charge in [0.05, 0.1) is 10.8 Å². The molecule has 12 aromatic carbocycles. The smallest absolute Gasteiger partial charge is 0.0720 e. The Bertz CT molecular complexity index is 3880. The Labute approximate surface area is 415 Å². The van der Waals surface area contributed by atoms with E-state index in [9.17, 15) is 0 Å². The molecule has 0 saturated carbocycles. The standard InChI is InChI=1S/C70H47N/c1-5-19-48(20-6-1)49-35-39-57(40-36-49)71(56-25-11-4-12-26-56)58-41-44-60-53(46-58)34-33-52-45-50(37-42-59(52)60)51-38-43-62-61-27-13-14-28-63(61)70(68(62)47-51)66-31-17-15-29-64(66)69(54-21-7-2-8-22-54,55-23-9-3-10-24-55)65-30-16-18-32-67(65)70/h1-47H. The van der Waals surface area contributed by atoms with Crippen LogP contribution in [-0.4, -0.2) is 0 Å². The largest absolute Gasteiger partial charge is 0.310 e.